The Morgan fingerprint density at radius 3 is 2.48 bits per heavy atom. The molecule has 2 heterocycles. The molecule has 3 aromatic carbocycles. The molecule has 7 nitrogen and oxygen atoms in total. The van der Waals surface area contributed by atoms with Crippen LogP contribution in [0.2, 0.25) is 5.02 Å². The molecule has 164 valence electrons. The molecule has 5 rings (SSSR count). The largest absolute Gasteiger partial charge is 0.323 e. The number of rotatable bonds is 5. The SMILES string of the molecule is Cc1ccc([C@H]2C=C(c3ccccc3)N(CC(=O)Nc3ccccc3Cl)c3nnnn32)cc1. The summed E-state index contributed by atoms with van der Waals surface area (Å²) >= 11 is 6.22. The quantitative estimate of drug-likeness (QED) is 0.470. The minimum atomic E-state index is -0.228. The normalized spacial score (nSPS) is 15.0. The highest BCUT2D eigenvalue weighted by atomic mass is 35.5. The number of carbonyl (C=O) groups is 1. The van der Waals surface area contributed by atoms with Gasteiger partial charge in [0.1, 0.15) is 12.6 Å². The van der Waals surface area contributed by atoms with E-state index < -0.39 is 0 Å². The number of aromatic nitrogens is 4. The van der Waals surface area contributed by atoms with Gasteiger partial charge in [-0.15, -0.1) is 0 Å². The Kier molecular flexibility index (Phi) is 5.62. The van der Waals surface area contributed by atoms with E-state index in [4.69, 9.17) is 11.6 Å². The van der Waals surface area contributed by atoms with Crippen LogP contribution in [0.15, 0.2) is 84.9 Å². The first-order chi connectivity index (χ1) is 16.1. The van der Waals surface area contributed by atoms with Gasteiger partial charge in [-0.1, -0.05) is 89.0 Å². The summed E-state index contributed by atoms with van der Waals surface area (Å²) in [6.07, 6.45) is 2.09. The van der Waals surface area contributed by atoms with Gasteiger partial charge >= 0.3 is 0 Å². The molecule has 0 unspecified atom stereocenters. The number of hydrogen-bond acceptors (Lipinski definition) is 5. The van der Waals surface area contributed by atoms with E-state index in [2.05, 4.69) is 58.1 Å². The molecule has 1 amide bonds. The second-order valence-electron chi connectivity index (χ2n) is 7.81. The highest BCUT2D eigenvalue weighted by molar-refractivity contribution is 6.33. The van der Waals surface area contributed by atoms with E-state index in [1.54, 1.807) is 16.8 Å². The zero-order valence-electron chi connectivity index (χ0n) is 17.9. The fourth-order valence-electron chi connectivity index (χ4n) is 3.88. The highest BCUT2D eigenvalue weighted by Gasteiger charge is 2.32. The van der Waals surface area contributed by atoms with E-state index in [0.717, 1.165) is 16.8 Å². The smallest absolute Gasteiger partial charge is 0.251 e. The zero-order valence-corrected chi connectivity index (χ0v) is 18.6. The van der Waals surface area contributed by atoms with E-state index >= 15 is 0 Å². The predicted molar refractivity (Wildman–Crippen MR) is 129 cm³/mol. The van der Waals surface area contributed by atoms with Crippen molar-refractivity contribution in [3.05, 3.63) is 107 Å². The molecule has 1 aromatic heterocycles. The topological polar surface area (TPSA) is 75.9 Å². The van der Waals surface area contributed by atoms with E-state index in [1.165, 1.54) is 5.56 Å². The van der Waals surface area contributed by atoms with Gasteiger partial charge in [-0.2, -0.15) is 4.68 Å². The minimum absolute atomic E-state index is 0.0208. The zero-order chi connectivity index (χ0) is 22.8. The van der Waals surface area contributed by atoms with Crippen LogP contribution in [0, 0.1) is 6.92 Å². The van der Waals surface area contributed by atoms with Gasteiger partial charge in [0, 0.05) is 0 Å². The van der Waals surface area contributed by atoms with Gasteiger partial charge in [0.15, 0.2) is 0 Å². The summed E-state index contributed by atoms with van der Waals surface area (Å²) in [6, 6.07) is 25.1. The van der Waals surface area contributed by atoms with Crippen LogP contribution in [-0.2, 0) is 4.79 Å². The number of allylic oxidation sites excluding steroid dienone is 1. The van der Waals surface area contributed by atoms with Gasteiger partial charge in [-0.3, -0.25) is 9.69 Å². The number of hydrogen-bond donors (Lipinski definition) is 1. The first-order valence-corrected chi connectivity index (χ1v) is 10.9. The molecule has 0 radical (unpaired) electrons. The molecule has 0 fully saturated rings. The van der Waals surface area contributed by atoms with Crippen molar-refractivity contribution < 1.29 is 4.79 Å². The van der Waals surface area contributed by atoms with Crippen LogP contribution >= 0.6 is 11.6 Å². The van der Waals surface area contributed by atoms with Gasteiger partial charge in [0.05, 0.1) is 16.4 Å². The third kappa shape index (κ3) is 4.23. The molecule has 33 heavy (non-hydrogen) atoms. The minimum Gasteiger partial charge on any atom is -0.323 e. The summed E-state index contributed by atoms with van der Waals surface area (Å²) in [6.45, 7) is 2.07. The van der Waals surface area contributed by atoms with Crippen LogP contribution in [-0.4, -0.2) is 32.7 Å². The standard InChI is InChI=1S/C25H21ClN6O/c1-17-11-13-19(14-12-17)23-15-22(18-7-3-2-4-8-18)31(25-28-29-30-32(23)25)16-24(33)27-21-10-6-5-9-20(21)26/h2-15,23H,16H2,1H3,(H,27,33)/t23-/m1/s1. The van der Waals surface area contributed by atoms with E-state index in [1.807, 2.05) is 47.4 Å². The molecule has 0 spiro atoms. The van der Waals surface area contributed by atoms with Crippen molar-refractivity contribution in [2.24, 2.45) is 0 Å². The molecule has 8 heteroatoms. The summed E-state index contributed by atoms with van der Waals surface area (Å²) in [5.74, 6) is 0.268. The second kappa shape index (κ2) is 8.88. The number of para-hydroxylation sites is 1. The van der Waals surface area contributed by atoms with Gasteiger partial charge in [0.25, 0.3) is 5.95 Å². The van der Waals surface area contributed by atoms with Crippen molar-refractivity contribution in [2.75, 3.05) is 16.8 Å². The fraction of sp³-hybridized carbons (Fsp3) is 0.120. The number of carbonyl (C=O) groups excluding carboxylic acids is 1. The number of tetrazole rings is 1. The Hall–Kier alpha value is -3.97. The van der Waals surface area contributed by atoms with E-state index in [9.17, 15) is 4.79 Å². The number of nitrogens with zero attached hydrogens (tertiary/aromatic N) is 5. The van der Waals surface area contributed by atoms with Crippen LogP contribution in [0.25, 0.3) is 5.70 Å². The molecular weight excluding hydrogens is 436 g/mol. The summed E-state index contributed by atoms with van der Waals surface area (Å²) in [5, 5.41) is 15.8. The maximum absolute atomic E-state index is 13.0. The number of anilines is 2. The van der Waals surface area contributed by atoms with E-state index in [0.29, 0.717) is 16.7 Å². The number of amides is 1. The number of halogens is 1. The summed E-state index contributed by atoms with van der Waals surface area (Å²) < 4.78 is 1.74. The average Bonchev–Trinajstić information content (AvgIpc) is 3.32. The maximum Gasteiger partial charge on any atom is 0.251 e. The molecule has 1 aliphatic heterocycles. The molecule has 1 aliphatic rings. The lowest BCUT2D eigenvalue weighted by atomic mass is 10.00. The van der Waals surface area contributed by atoms with Crippen LogP contribution in [0.5, 0.6) is 0 Å². The maximum atomic E-state index is 13.0. The molecule has 4 aromatic rings. The fourth-order valence-corrected chi connectivity index (χ4v) is 4.06. The monoisotopic (exact) mass is 456 g/mol. The van der Waals surface area contributed by atoms with Crippen molar-refractivity contribution >= 4 is 34.8 Å². The molecule has 0 aliphatic carbocycles. The number of benzene rings is 3. The van der Waals surface area contributed by atoms with Gasteiger partial charge in [-0.25, -0.2) is 0 Å². The molecular formula is C25H21ClN6O. The Labute approximate surface area is 196 Å². The molecule has 0 bridgehead atoms. The Balaban J connectivity index is 1.53. The van der Waals surface area contributed by atoms with Crippen LogP contribution in [0.4, 0.5) is 11.6 Å². The summed E-state index contributed by atoms with van der Waals surface area (Å²) in [4.78, 5) is 14.8. The Bertz CT molecular complexity index is 1320. The number of nitrogens with one attached hydrogen (secondary N) is 1. The second-order valence-corrected chi connectivity index (χ2v) is 8.22. The van der Waals surface area contributed by atoms with Gasteiger partial charge in [-0.05, 0) is 46.7 Å². The Morgan fingerprint density at radius 2 is 1.73 bits per heavy atom. The lowest BCUT2D eigenvalue weighted by Crippen LogP contribution is -2.37. The van der Waals surface area contributed by atoms with Crippen molar-refractivity contribution in [2.45, 2.75) is 13.0 Å². The first kappa shape index (κ1) is 20.9. The van der Waals surface area contributed by atoms with Crippen molar-refractivity contribution in [3.63, 3.8) is 0 Å². The Morgan fingerprint density at radius 1 is 1.00 bits per heavy atom. The van der Waals surface area contributed by atoms with Crippen LogP contribution < -0.4 is 10.2 Å². The van der Waals surface area contributed by atoms with Crippen molar-refractivity contribution in [1.29, 1.82) is 0 Å². The van der Waals surface area contributed by atoms with Crippen molar-refractivity contribution in [3.8, 4) is 0 Å². The van der Waals surface area contributed by atoms with E-state index in [-0.39, 0.29) is 18.5 Å². The average molecular weight is 457 g/mol. The van der Waals surface area contributed by atoms with Crippen molar-refractivity contribution in [1.82, 2.24) is 20.2 Å². The molecule has 1 N–H and O–H groups in total. The predicted octanol–water partition coefficient (Wildman–Crippen LogP) is 4.72. The van der Waals surface area contributed by atoms with Crippen LogP contribution in [0.3, 0.4) is 0 Å². The number of fused-ring (bicyclic) bond motifs is 1. The molecule has 0 saturated carbocycles. The van der Waals surface area contributed by atoms with Crippen LogP contribution in [0.1, 0.15) is 22.7 Å². The third-order valence-corrected chi connectivity index (χ3v) is 5.85. The lowest BCUT2D eigenvalue weighted by molar-refractivity contribution is -0.114. The van der Waals surface area contributed by atoms with Gasteiger partial charge in [0.2, 0.25) is 5.91 Å². The third-order valence-electron chi connectivity index (χ3n) is 5.52. The first-order valence-electron chi connectivity index (χ1n) is 10.5. The highest BCUT2D eigenvalue weighted by Crippen LogP contribution is 2.36. The summed E-state index contributed by atoms with van der Waals surface area (Å²) in [5.41, 5.74) is 4.62. The summed E-state index contributed by atoms with van der Waals surface area (Å²) in [7, 11) is 0. The van der Waals surface area contributed by atoms with Gasteiger partial charge < -0.3 is 5.32 Å². The lowest BCUT2D eigenvalue weighted by Gasteiger charge is -2.32. The number of aryl methyl sites for hydroxylation is 1. The molecule has 1 atom stereocenters. The molecule has 0 saturated heterocycles.